The number of benzene rings is 1. The molecule has 4 heteroatoms. The molecule has 0 bridgehead atoms. The summed E-state index contributed by atoms with van der Waals surface area (Å²) >= 11 is 0. The predicted molar refractivity (Wildman–Crippen MR) is 66.4 cm³/mol. The van der Waals surface area contributed by atoms with Crippen molar-refractivity contribution in [3.05, 3.63) is 35.9 Å². The van der Waals surface area contributed by atoms with E-state index in [9.17, 15) is 10.2 Å². The Labute approximate surface area is 102 Å². The topological polar surface area (TPSA) is 69.7 Å². The van der Waals surface area contributed by atoms with E-state index in [0.717, 1.165) is 18.5 Å². The van der Waals surface area contributed by atoms with E-state index in [-0.39, 0.29) is 6.04 Å². The summed E-state index contributed by atoms with van der Waals surface area (Å²) in [5.41, 5.74) is 7.22. The van der Waals surface area contributed by atoms with Gasteiger partial charge in [-0.15, -0.1) is 0 Å². The van der Waals surface area contributed by atoms with Crippen molar-refractivity contribution in [2.24, 2.45) is 5.73 Å². The van der Waals surface area contributed by atoms with Gasteiger partial charge in [-0.1, -0.05) is 30.3 Å². The van der Waals surface area contributed by atoms with Crippen LogP contribution in [-0.4, -0.2) is 47.0 Å². The number of β-amino-alcohol motifs (C(OH)–C–C–N with tert-alkyl or cyclic N) is 2. The molecule has 1 aliphatic rings. The molecule has 3 atom stereocenters. The number of aliphatic hydroxyl groups excluding tert-OH is 2. The molecule has 1 fully saturated rings. The molecule has 0 spiro atoms. The third kappa shape index (κ3) is 3.26. The van der Waals surface area contributed by atoms with E-state index < -0.39 is 12.2 Å². The summed E-state index contributed by atoms with van der Waals surface area (Å²) in [7, 11) is 0. The molecule has 2 rings (SSSR count). The fourth-order valence-corrected chi connectivity index (χ4v) is 2.22. The van der Waals surface area contributed by atoms with Gasteiger partial charge in [0.1, 0.15) is 0 Å². The Balaban J connectivity index is 1.79. The highest BCUT2D eigenvalue weighted by Gasteiger charge is 2.29. The molecule has 17 heavy (non-hydrogen) atoms. The van der Waals surface area contributed by atoms with Crippen molar-refractivity contribution in [3.8, 4) is 0 Å². The number of rotatable bonds is 4. The number of likely N-dealkylation sites (tertiary alicyclic amines) is 1. The van der Waals surface area contributed by atoms with Crippen molar-refractivity contribution in [2.75, 3.05) is 19.6 Å². The minimum atomic E-state index is -0.608. The third-order valence-electron chi connectivity index (χ3n) is 3.32. The molecule has 0 aromatic heterocycles. The Bertz CT molecular complexity index is 335. The van der Waals surface area contributed by atoms with Gasteiger partial charge in [-0.05, 0) is 12.0 Å². The van der Waals surface area contributed by atoms with Crippen LogP contribution in [0.25, 0.3) is 0 Å². The smallest absolute Gasteiger partial charge is 0.0938 e. The van der Waals surface area contributed by atoms with E-state index in [4.69, 9.17) is 5.73 Å². The molecule has 0 saturated carbocycles. The first-order valence-electron chi connectivity index (χ1n) is 6.06. The molecule has 94 valence electrons. The Hall–Kier alpha value is -0.940. The highest BCUT2D eigenvalue weighted by molar-refractivity contribution is 5.18. The van der Waals surface area contributed by atoms with Crippen molar-refractivity contribution in [3.63, 3.8) is 0 Å². The van der Waals surface area contributed by atoms with Gasteiger partial charge in [0.25, 0.3) is 0 Å². The molecule has 1 aromatic rings. The number of hydrogen-bond acceptors (Lipinski definition) is 4. The maximum Gasteiger partial charge on any atom is 0.0938 e. The van der Waals surface area contributed by atoms with Crippen molar-refractivity contribution >= 4 is 0 Å². The van der Waals surface area contributed by atoms with Crippen molar-refractivity contribution < 1.29 is 10.2 Å². The SMILES string of the molecule is NC(CCN1CC(O)C(O)C1)c1ccccc1. The minimum absolute atomic E-state index is 0.0195. The lowest BCUT2D eigenvalue weighted by Gasteiger charge is -2.18. The highest BCUT2D eigenvalue weighted by atomic mass is 16.3. The molecule has 1 heterocycles. The molecular formula is C13H20N2O2. The van der Waals surface area contributed by atoms with Crippen LogP contribution in [0.5, 0.6) is 0 Å². The Morgan fingerprint density at radius 1 is 1.18 bits per heavy atom. The Kier molecular flexibility index (Phi) is 4.12. The molecular weight excluding hydrogens is 216 g/mol. The molecule has 0 amide bonds. The highest BCUT2D eigenvalue weighted by Crippen LogP contribution is 2.16. The second-order valence-electron chi connectivity index (χ2n) is 4.70. The first-order valence-corrected chi connectivity index (χ1v) is 6.06. The molecule has 4 N–H and O–H groups in total. The van der Waals surface area contributed by atoms with Crippen LogP contribution in [-0.2, 0) is 0 Å². The van der Waals surface area contributed by atoms with Crippen LogP contribution in [0.4, 0.5) is 0 Å². The average Bonchev–Trinajstić information content (AvgIpc) is 2.67. The number of aliphatic hydroxyl groups is 2. The summed E-state index contributed by atoms with van der Waals surface area (Å²) in [4.78, 5) is 2.05. The van der Waals surface area contributed by atoms with E-state index in [0.29, 0.717) is 13.1 Å². The summed E-state index contributed by atoms with van der Waals surface area (Å²) in [5.74, 6) is 0. The summed E-state index contributed by atoms with van der Waals surface area (Å²) in [6.07, 6.45) is -0.380. The Morgan fingerprint density at radius 3 is 2.35 bits per heavy atom. The maximum atomic E-state index is 9.43. The molecule has 1 saturated heterocycles. The van der Waals surface area contributed by atoms with Gasteiger partial charge in [-0.3, -0.25) is 4.90 Å². The monoisotopic (exact) mass is 236 g/mol. The lowest BCUT2D eigenvalue weighted by atomic mass is 10.0. The van der Waals surface area contributed by atoms with E-state index in [2.05, 4.69) is 4.90 Å². The zero-order chi connectivity index (χ0) is 12.3. The fraction of sp³-hybridized carbons (Fsp3) is 0.538. The van der Waals surface area contributed by atoms with Gasteiger partial charge in [0.15, 0.2) is 0 Å². The van der Waals surface area contributed by atoms with Gasteiger partial charge >= 0.3 is 0 Å². The molecule has 4 nitrogen and oxygen atoms in total. The molecule has 0 radical (unpaired) electrons. The minimum Gasteiger partial charge on any atom is -0.389 e. The maximum absolute atomic E-state index is 9.43. The summed E-state index contributed by atoms with van der Waals surface area (Å²) in [5, 5.41) is 18.9. The van der Waals surface area contributed by atoms with Gasteiger partial charge in [-0.2, -0.15) is 0 Å². The summed E-state index contributed by atoms with van der Waals surface area (Å²) < 4.78 is 0. The van der Waals surface area contributed by atoms with Crippen LogP contribution < -0.4 is 5.73 Å². The molecule has 3 unspecified atom stereocenters. The van der Waals surface area contributed by atoms with E-state index >= 15 is 0 Å². The van der Waals surface area contributed by atoms with Crippen LogP contribution in [0, 0.1) is 0 Å². The zero-order valence-electron chi connectivity index (χ0n) is 9.87. The van der Waals surface area contributed by atoms with Gasteiger partial charge in [0, 0.05) is 25.7 Å². The van der Waals surface area contributed by atoms with E-state index in [1.54, 1.807) is 0 Å². The molecule has 1 aliphatic heterocycles. The van der Waals surface area contributed by atoms with Crippen LogP contribution in [0.2, 0.25) is 0 Å². The number of hydrogen-bond donors (Lipinski definition) is 3. The average molecular weight is 236 g/mol. The van der Waals surface area contributed by atoms with Crippen molar-refractivity contribution in [2.45, 2.75) is 24.7 Å². The lowest BCUT2D eigenvalue weighted by Crippen LogP contribution is -2.26. The van der Waals surface area contributed by atoms with Crippen LogP contribution >= 0.6 is 0 Å². The van der Waals surface area contributed by atoms with Gasteiger partial charge in [-0.25, -0.2) is 0 Å². The molecule has 0 aliphatic carbocycles. The summed E-state index contributed by atoms with van der Waals surface area (Å²) in [6.45, 7) is 1.90. The van der Waals surface area contributed by atoms with Gasteiger partial charge in [0.2, 0.25) is 0 Å². The standard InChI is InChI=1S/C13H20N2O2/c14-11(10-4-2-1-3-5-10)6-7-15-8-12(16)13(17)9-15/h1-5,11-13,16-17H,6-9,14H2. The first-order chi connectivity index (χ1) is 8.16. The van der Waals surface area contributed by atoms with Crippen molar-refractivity contribution in [1.29, 1.82) is 0 Å². The van der Waals surface area contributed by atoms with Crippen LogP contribution in [0.3, 0.4) is 0 Å². The third-order valence-corrected chi connectivity index (χ3v) is 3.32. The normalized spacial score (nSPS) is 27.2. The van der Waals surface area contributed by atoms with Crippen LogP contribution in [0.1, 0.15) is 18.0 Å². The van der Waals surface area contributed by atoms with Gasteiger partial charge in [0.05, 0.1) is 12.2 Å². The first kappa shape index (κ1) is 12.5. The van der Waals surface area contributed by atoms with Crippen molar-refractivity contribution in [1.82, 2.24) is 4.90 Å². The number of nitrogens with zero attached hydrogens (tertiary/aromatic N) is 1. The number of nitrogens with two attached hydrogens (primary N) is 1. The van der Waals surface area contributed by atoms with Gasteiger partial charge < -0.3 is 15.9 Å². The fourth-order valence-electron chi connectivity index (χ4n) is 2.22. The largest absolute Gasteiger partial charge is 0.389 e. The van der Waals surface area contributed by atoms with E-state index in [1.807, 2.05) is 30.3 Å². The molecule has 1 aromatic carbocycles. The second-order valence-corrected chi connectivity index (χ2v) is 4.70. The Morgan fingerprint density at radius 2 is 1.76 bits per heavy atom. The second kappa shape index (κ2) is 5.60. The lowest BCUT2D eigenvalue weighted by molar-refractivity contribution is 0.0572. The van der Waals surface area contributed by atoms with Crippen LogP contribution in [0.15, 0.2) is 30.3 Å². The predicted octanol–water partition coefficient (Wildman–Crippen LogP) is 0.114. The van der Waals surface area contributed by atoms with E-state index in [1.165, 1.54) is 0 Å². The summed E-state index contributed by atoms with van der Waals surface area (Å²) in [6, 6.07) is 10.0. The zero-order valence-corrected chi connectivity index (χ0v) is 9.87. The quantitative estimate of drug-likeness (QED) is 0.694.